The van der Waals surface area contributed by atoms with Crippen molar-refractivity contribution < 1.29 is 4.79 Å². The molecule has 0 fully saturated rings. The summed E-state index contributed by atoms with van der Waals surface area (Å²) in [5.41, 5.74) is 6.07. The molecule has 0 aliphatic rings. The van der Waals surface area contributed by atoms with Gasteiger partial charge in [0.05, 0.1) is 6.42 Å². The van der Waals surface area contributed by atoms with Crippen molar-refractivity contribution >= 4 is 5.91 Å². The summed E-state index contributed by atoms with van der Waals surface area (Å²) >= 11 is 0. The van der Waals surface area contributed by atoms with Gasteiger partial charge in [-0.05, 0) is 24.8 Å². The number of carbonyl (C=O) groups excluding carboxylic acids is 1. The molecule has 3 nitrogen and oxygen atoms in total. The first-order valence-electron chi connectivity index (χ1n) is 4.21. The van der Waals surface area contributed by atoms with Gasteiger partial charge in [0.25, 0.3) is 0 Å². The highest BCUT2D eigenvalue weighted by atomic mass is 16.1. The van der Waals surface area contributed by atoms with E-state index in [2.05, 4.69) is 11.9 Å². The van der Waals surface area contributed by atoms with Gasteiger partial charge in [0.2, 0.25) is 5.91 Å². The van der Waals surface area contributed by atoms with Gasteiger partial charge in [-0.3, -0.25) is 4.79 Å². The molecule has 1 amide bonds. The van der Waals surface area contributed by atoms with E-state index in [4.69, 9.17) is 5.73 Å². The third-order valence-electron chi connectivity index (χ3n) is 1.38. The lowest BCUT2D eigenvalue weighted by Crippen LogP contribution is -2.22. The van der Waals surface area contributed by atoms with Gasteiger partial charge in [-0.25, -0.2) is 0 Å². The minimum Gasteiger partial charge on any atom is -0.405 e. The highest BCUT2D eigenvalue weighted by molar-refractivity contribution is 5.79. The van der Waals surface area contributed by atoms with Crippen LogP contribution in [-0.4, -0.2) is 12.5 Å². The molecule has 0 atom stereocenters. The fourth-order valence-electron chi connectivity index (χ4n) is 0.893. The molecular formula is C10H16N2O. The quantitative estimate of drug-likeness (QED) is 0.622. The Hall–Kier alpha value is -1.51. The van der Waals surface area contributed by atoms with E-state index in [1.807, 2.05) is 6.92 Å². The van der Waals surface area contributed by atoms with Crippen molar-refractivity contribution in [3.63, 3.8) is 0 Å². The van der Waals surface area contributed by atoms with Crippen LogP contribution in [-0.2, 0) is 4.79 Å². The van der Waals surface area contributed by atoms with E-state index in [1.165, 1.54) is 6.20 Å². The molecule has 0 aliphatic carbocycles. The summed E-state index contributed by atoms with van der Waals surface area (Å²) < 4.78 is 0. The Bertz CT molecular complexity index is 229. The van der Waals surface area contributed by atoms with Gasteiger partial charge in [0.15, 0.2) is 0 Å². The molecule has 0 heterocycles. The maximum Gasteiger partial charge on any atom is 0.224 e. The minimum absolute atomic E-state index is 0.00583. The van der Waals surface area contributed by atoms with E-state index in [0.717, 1.165) is 5.57 Å². The van der Waals surface area contributed by atoms with Crippen molar-refractivity contribution in [1.29, 1.82) is 0 Å². The average molecular weight is 180 g/mol. The third-order valence-corrected chi connectivity index (χ3v) is 1.38. The molecule has 0 rings (SSSR count). The van der Waals surface area contributed by atoms with E-state index < -0.39 is 0 Å². The molecule has 0 unspecified atom stereocenters. The number of amides is 1. The van der Waals surface area contributed by atoms with E-state index in [-0.39, 0.29) is 5.91 Å². The van der Waals surface area contributed by atoms with Gasteiger partial charge < -0.3 is 11.1 Å². The van der Waals surface area contributed by atoms with Crippen LogP contribution in [0.3, 0.4) is 0 Å². The lowest BCUT2D eigenvalue weighted by Gasteiger charge is -2.01. The van der Waals surface area contributed by atoms with Crippen molar-refractivity contribution in [2.45, 2.75) is 13.3 Å². The Morgan fingerprint density at radius 2 is 2.31 bits per heavy atom. The number of hydrogen-bond acceptors (Lipinski definition) is 2. The molecule has 0 saturated heterocycles. The van der Waals surface area contributed by atoms with E-state index in [0.29, 0.717) is 13.0 Å². The van der Waals surface area contributed by atoms with Gasteiger partial charge in [-0.2, -0.15) is 0 Å². The van der Waals surface area contributed by atoms with Crippen LogP contribution in [0.25, 0.3) is 0 Å². The monoisotopic (exact) mass is 180 g/mol. The Morgan fingerprint density at radius 1 is 1.62 bits per heavy atom. The zero-order valence-electron chi connectivity index (χ0n) is 7.92. The van der Waals surface area contributed by atoms with Crippen LogP contribution in [0.4, 0.5) is 0 Å². The van der Waals surface area contributed by atoms with Gasteiger partial charge in [-0.1, -0.05) is 18.7 Å². The maximum absolute atomic E-state index is 11.1. The normalized spacial score (nSPS) is 11.6. The van der Waals surface area contributed by atoms with E-state index >= 15 is 0 Å². The molecule has 0 radical (unpaired) electrons. The molecule has 13 heavy (non-hydrogen) atoms. The Kier molecular flexibility index (Phi) is 6.32. The van der Waals surface area contributed by atoms with Crippen LogP contribution in [0, 0.1) is 0 Å². The molecule has 3 heteroatoms. The molecule has 0 aromatic heterocycles. The number of carbonyl (C=O) groups is 1. The first-order chi connectivity index (χ1) is 6.24. The standard InChI is InChI=1S/C10H16N2O/c1-3-5-9(6-7-11)8-10(13)12-4-2/h3,5-7H,1,4,8,11H2,2H3,(H,12,13)/b7-6-,9-5+. The molecule has 0 saturated carbocycles. The molecule has 72 valence electrons. The second-order valence-corrected chi connectivity index (χ2v) is 2.47. The lowest BCUT2D eigenvalue weighted by molar-refractivity contribution is -0.120. The maximum atomic E-state index is 11.1. The second-order valence-electron chi connectivity index (χ2n) is 2.47. The summed E-state index contributed by atoms with van der Waals surface area (Å²) in [5.74, 6) is -0.00583. The predicted molar refractivity (Wildman–Crippen MR) is 54.9 cm³/mol. The predicted octanol–water partition coefficient (Wildman–Crippen LogP) is 1.10. The number of nitrogens with one attached hydrogen (secondary N) is 1. The average Bonchev–Trinajstić information content (AvgIpc) is 2.05. The molecular weight excluding hydrogens is 164 g/mol. The zero-order chi connectivity index (χ0) is 10.1. The highest BCUT2D eigenvalue weighted by Crippen LogP contribution is 2.02. The minimum atomic E-state index is -0.00583. The van der Waals surface area contributed by atoms with E-state index in [9.17, 15) is 4.79 Å². The van der Waals surface area contributed by atoms with Crippen molar-refractivity contribution in [2.75, 3.05) is 6.54 Å². The van der Waals surface area contributed by atoms with Crippen molar-refractivity contribution in [1.82, 2.24) is 5.32 Å². The first kappa shape index (κ1) is 11.5. The third kappa shape index (κ3) is 5.73. The molecule has 0 aromatic rings. The summed E-state index contributed by atoms with van der Waals surface area (Å²) in [5, 5.41) is 2.70. The zero-order valence-corrected chi connectivity index (χ0v) is 7.92. The fourth-order valence-corrected chi connectivity index (χ4v) is 0.893. The topological polar surface area (TPSA) is 55.1 Å². The van der Waals surface area contributed by atoms with Crippen LogP contribution < -0.4 is 11.1 Å². The SMILES string of the molecule is C=C/C=C(\C=C/N)CC(=O)NCC. The number of allylic oxidation sites excluding steroid dienone is 3. The van der Waals surface area contributed by atoms with E-state index in [1.54, 1.807) is 18.2 Å². The summed E-state index contributed by atoms with van der Waals surface area (Å²) in [6.45, 7) is 6.08. The number of hydrogen-bond donors (Lipinski definition) is 2. The summed E-state index contributed by atoms with van der Waals surface area (Å²) in [7, 11) is 0. The summed E-state index contributed by atoms with van der Waals surface area (Å²) in [6.07, 6.45) is 6.84. The fraction of sp³-hybridized carbons (Fsp3) is 0.300. The number of nitrogens with two attached hydrogens (primary N) is 1. The summed E-state index contributed by atoms with van der Waals surface area (Å²) in [6, 6.07) is 0. The van der Waals surface area contributed by atoms with Crippen molar-refractivity contribution in [3.8, 4) is 0 Å². The highest BCUT2D eigenvalue weighted by Gasteiger charge is 2.00. The Balaban J connectivity index is 4.18. The molecule has 0 aliphatic heterocycles. The van der Waals surface area contributed by atoms with Gasteiger partial charge in [-0.15, -0.1) is 0 Å². The van der Waals surface area contributed by atoms with Gasteiger partial charge >= 0.3 is 0 Å². The lowest BCUT2D eigenvalue weighted by atomic mass is 10.1. The van der Waals surface area contributed by atoms with Crippen molar-refractivity contribution in [2.24, 2.45) is 5.73 Å². The second kappa shape index (κ2) is 7.16. The molecule has 0 bridgehead atoms. The largest absolute Gasteiger partial charge is 0.405 e. The van der Waals surface area contributed by atoms with Crippen LogP contribution in [0.5, 0.6) is 0 Å². The Morgan fingerprint density at radius 3 is 2.77 bits per heavy atom. The molecule has 3 N–H and O–H groups in total. The van der Waals surface area contributed by atoms with Crippen LogP contribution in [0.15, 0.2) is 36.6 Å². The van der Waals surface area contributed by atoms with Gasteiger partial charge in [0, 0.05) is 6.54 Å². The van der Waals surface area contributed by atoms with Gasteiger partial charge in [0.1, 0.15) is 0 Å². The van der Waals surface area contributed by atoms with Crippen LogP contribution in [0.2, 0.25) is 0 Å². The Labute approximate surface area is 79.0 Å². The van der Waals surface area contributed by atoms with Crippen LogP contribution >= 0.6 is 0 Å². The molecule has 0 spiro atoms. The summed E-state index contributed by atoms with van der Waals surface area (Å²) in [4.78, 5) is 11.1. The smallest absolute Gasteiger partial charge is 0.224 e. The van der Waals surface area contributed by atoms with Crippen molar-refractivity contribution in [3.05, 3.63) is 36.6 Å². The number of rotatable bonds is 5. The van der Waals surface area contributed by atoms with Crippen LogP contribution in [0.1, 0.15) is 13.3 Å². The first-order valence-corrected chi connectivity index (χ1v) is 4.21. The molecule has 0 aromatic carbocycles.